The fourth-order valence-electron chi connectivity index (χ4n) is 2.03. The van der Waals surface area contributed by atoms with E-state index in [4.69, 9.17) is 0 Å². The summed E-state index contributed by atoms with van der Waals surface area (Å²) in [5, 5.41) is 3.00. The zero-order valence-electron chi connectivity index (χ0n) is 11.1. The van der Waals surface area contributed by atoms with E-state index in [1.165, 1.54) is 0 Å². The lowest BCUT2D eigenvalue weighted by atomic mass is 10.1. The van der Waals surface area contributed by atoms with Gasteiger partial charge in [0.05, 0.1) is 0 Å². The molecule has 19 heavy (non-hydrogen) atoms. The highest BCUT2D eigenvalue weighted by Gasteiger charge is 2.10. The van der Waals surface area contributed by atoms with Crippen molar-refractivity contribution >= 4 is 24.2 Å². The summed E-state index contributed by atoms with van der Waals surface area (Å²) in [6.45, 7) is 4.09. The Balaban J connectivity index is 2.29. The lowest BCUT2D eigenvalue weighted by molar-refractivity contribution is 0.102. The fraction of sp³-hybridized carbons (Fsp3) is 0.188. The van der Waals surface area contributed by atoms with E-state index in [2.05, 4.69) is 24.9 Å². The van der Waals surface area contributed by atoms with Crippen LogP contribution in [0, 0.1) is 6.92 Å². The Morgan fingerprint density at radius 1 is 1.21 bits per heavy atom. The van der Waals surface area contributed by atoms with Gasteiger partial charge in [-0.05, 0) is 42.7 Å². The molecule has 0 aliphatic carbocycles. The topological polar surface area (TPSA) is 29.1 Å². The highest BCUT2D eigenvalue weighted by atomic mass is 32.1. The Kier molecular flexibility index (Phi) is 4.27. The summed E-state index contributed by atoms with van der Waals surface area (Å²) in [7, 11) is 0. The molecule has 1 N–H and O–H groups in total. The predicted octanol–water partition coefficient (Wildman–Crippen LogP) is 4.10. The molecule has 0 unspecified atom stereocenters. The Morgan fingerprint density at radius 2 is 1.95 bits per heavy atom. The summed E-state index contributed by atoms with van der Waals surface area (Å²) in [5.41, 5.74) is 3.77. The van der Waals surface area contributed by atoms with Crippen molar-refractivity contribution in [2.75, 3.05) is 5.32 Å². The minimum Gasteiger partial charge on any atom is -0.321 e. The molecule has 98 valence electrons. The Hall–Kier alpha value is -1.74. The monoisotopic (exact) mass is 271 g/mol. The number of benzene rings is 2. The molecule has 2 aromatic carbocycles. The predicted molar refractivity (Wildman–Crippen MR) is 82.2 cm³/mol. The molecule has 0 saturated heterocycles. The highest BCUT2D eigenvalue weighted by molar-refractivity contribution is 7.80. The second-order valence-electron chi connectivity index (χ2n) is 4.47. The lowest BCUT2D eigenvalue weighted by Gasteiger charge is -2.13. The zero-order valence-corrected chi connectivity index (χ0v) is 12.0. The van der Waals surface area contributed by atoms with Crippen molar-refractivity contribution in [1.82, 2.24) is 0 Å². The molecule has 1 amide bonds. The van der Waals surface area contributed by atoms with Crippen LogP contribution >= 0.6 is 12.6 Å². The van der Waals surface area contributed by atoms with Crippen molar-refractivity contribution in [2.45, 2.75) is 25.2 Å². The average Bonchev–Trinajstić information content (AvgIpc) is 2.41. The number of carbonyl (C=O) groups is 1. The van der Waals surface area contributed by atoms with E-state index in [0.717, 1.165) is 28.1 Å². The summed E-state index contributed by atoms with van der Waals surface area (Å²) >= 11 is 4.25. The maximum absolute atomic E-state index is 12.2. The van der Waals surface area contributed by atoms with Crippen molar-refractivity contribution in [2.24, 2.45) is 0 Å². The number of hydrogen-bond donors (Lipinski definition) is 2. The number of nitrogens with one attached hydrogen (secondary N) is 1. The normalized spacial score (nSPS) is 10.3. The van der Waals surface area contributed by atoms with Gasteiger partial charge in [0.25, 0.3) is 5.91 Å². The Morgan fingerprint density at radius 3 is 2.63 bits per heavy atom. The van der Waals surface area contributed by atoms with Gasteiger partial charge < -0.3 is 5.32 Å². The molecule has 0 saturated carbocycles. The summed E-state index contributed by atoms with van der Waals surface area (Å²) in [6.07, 6.45) is 0.893. The van der Waals surface area contributed by atoms with Crippen molar-refractivity contribution < 1.29 is 4.79 Å². The smallest absolute Gasteiger partial charge is 0.255 e. The number of anilines is 1. The Bertz CT molecular complexity index is 607. The van der Waals surface area contributed by atoms with Gasteiger partial charge in [0.1, 0.15) is 0 Å². The van der Waals surface area contributed by atoms with Gasteiger partial charge in [-0.1, -0.05) is 31.2 Å². The van der Waals surface area contributed by atoms with Crippen LogP contribution in [0.5, 0.6) is 0 Å². The minimum absolute atomic E-state index is 0.0973. The molecule has 2 nitrogen and oxygen atoms in total. The molecule has 3 heteroatoms. The van der Waals surface area contributed by atoms with Gasteiger partial charge >= 0.3 is 0 Å². The fourth-order valence-corrected chi connectivity index (χ4v) is 2.26. The third kappa shape index (κ3) is 3.18. The first-order valence-corrected chi connectivity index (χ1v) is 6.75. The molecular weight excluding hydrogens is 254 g/mol. The standard InChI is InChI=1S/C16H17NOS/c1-3-12-7-4-6-11(2)15(12)17-16(18)13-8-5-9-14(19)10-13/h4-10,19H,3H2,1-2H3,(H,17,18). The summed E-state index contributed by atoms with van der Waals surface area (Å²) < 4.78 is 0. The summed E-state index contributed by atoms with van der Waals surface area (Å²) in [5.74, 6) is -0.0973. The van der Waals surface area contributed by atoms with Crippen molar-refractivity contribution in [3.63, 3.8) is 0 Å². The number of aryl methyl sites for hydroxylation is 2. The van der Waals surface area contributed by atoms with E-state index in [9.17, 15) is 4.79 Å². The summed E-state index contributed by atoms with van der Waals surface area (Å²) in [6, 6.07) is 13.3. The van der Waals surface area contributed by atoms with Crippen LogP contribution in [0.1, 0.15) is 28.4 Å². The first-order valence-electron chi connectivity index (χ1n) is 6.30. The second kappa shape index (κ2) is 5.93. The number of rotatable bonds is 3. The molecule has 2 aromatic rings. The van der Waals surface area contributed by atoms with Gasteiger partial charge in [0.2, 0.25) is 0 Å². The molecule has 0 aliphatic rings. The van der Waals surface area contributed by atoms with Crippen LogP contribution in [-0.2, 0) is 6.42 Å². The van der Waals surface area contributed by atoms with Gasteiger partial charge in [-0.15, -0.1) is 12.6 Å². The SMILES string of the molecule is CCc1cccc(C)c1NC(=O)c1cccc(S)c1. The van der Waals surface area contributed by atoms with Crippen molar-refractivity contribution in [3.05, 3.63) is 59.2 Å². The third-order valence-corrected chi connectivity index (χ3v) is 3.37. The zero-order chi connectivity index (χ0) is 13.8. The van der Waals surface area contributed by atoms with E-state index in [-0.39, 0.29) is 5.91 Å². The van der Waals surface area contributed by atoms with Crippen LogP contribution < -0.4 is 5.32 Å². The molecule has 0 heterocycles. The van der Waals surface area contributed by atoms with E-state index >= 15 is 0 Å². The molecule has 0 bridgehead atoms. The van der Waals surface area contributed by atoms with Crippen LogP contribution in [0.2, 0.25) is 0 Å². The largest absolute Gasteiger partial charge is 0.321 e. The minimum atomic E-state index is -0.0973. The number of para-hydroxylation sites is 1. The average molecular weight is 271 g/mol. The molecular formula is C16H17NOS. The maximum atomic E-state index is 12.2. The second-order valence-corrected chi connectivity index (χ2v) is 4.98. The number of hydrogen-bond acceptors (Lipinski definition) is 2. The van der Waals surface area contributed by atoms with E-state index in [1.54, 1.807) is 12.1 Å². The van der Waals surface area contributed by atoms with Crippen LogP contribution in [0.15, 0.2) is 47.4 Å². The first-order chi connectivity index (χ1) is 9.11. The molecule has 0 atom stereocenters. The van der Waals surface area contributed by atoms with Gasteiger partial charge in [0.15, 0.2) is 0 Å². The van der Waals surface area contributed by atoms with Crippen molar-refractivity contribution in [3.8, 4) is 0 Å². The number of thiol groups is 1. The number of carbonyl (C=O) groups excluding carboxylic acids is 1. The highest BCUT2D eigenvalue weighted by Crippen LogP contribution is 2.22. The quantitative estimate of drug-likeness (QED) is 0.809. The number of amides is 1. The molecule has 0 radical (unpaired) electrons. The molecule has 0 fully saturated rings. The van der Waals surface area contributed by atoms with Crippen molar-refractivity contribution in [1.29, 1.82) is 0 Å². The van der Waals surface area contributed by atoms with E-state index in [1.807, 2.05) is 37.3 Å². The third-order valence-electron chi connectivity index (χ3n) is 3.09. The molecule has 0 spiro atoms. The lowest BCUT2D eigenvalue weighted by Crippen LogP contribution is -2.14. The van der Waals surface area contributed by atoms with Gasteiger partial charge in [0, 0.05) is 16.1 Å². The van der Waals surface area contributed by atoms with Gasteiger partial charge in [-0.25, -0.2) is 0 Å². The van der Waals surface area contributed by atoms with Crippen LogP contribution in [0.3, 0.4) is 0 Å². The van der Waals surface area contributed by atoms with Gasteiger partial charge in [-0.2, -0.15) is 0 Å². The first kappa shape index (κ1) is 13.7. The van der Waals surface area contributed by atoms with Crippen LogP contribution in [0.4, 0.5) is 5.69 Å². The van der Waals surface area contributed by atoms with Gasteiger partial charge in [-0.3, -0.25) is 4.79 Å². The molecule has 2 rings (SSSR count). The van der Waals surface area contributed by atoms with E-state index in [0.29, 0.717) is 5.56 Å². The van der Waals surface area contributed by atoms with Crippen LogP contribution in [-0.4, -0.2) is 5.91 Å². The maximum Gasteiger partial charge on any atom is 0.255 e. The van der Waals surface area contributed by atoms with Crippen LogP contribution in [0.25, 0.3) is 0 Å². The molecule has 0 aliphatic heterocycles. The molecule has 0 aromatic heterocycles. The summed E-state index contributed by atoms with van der Waals surface area (Å²) in [4.78, 5) is 13.0. The van der Waals surface area contributed by atoms with E-state index < -0.39 is 0 Å². The Labute approximate surface area is 119 Å².